The summed E-state index contributed by atoms with van der Waals surface area (Å²) in [6.07, 6.45) is 2.24. The second kappa shape index (κ2) is 4.39. The Labute approximate surface area is 117 Å². The first-order chi connectivity index (χ1) is 9.09. The Morgan fingerprint density at radius 1 is 1.53 bits per heavy atom. The molecule has 19 heavy (non-hydrogen) atoms. The van der Waals surface area contributed by atoms with E-state index < -0.39 is 5.54 Å². The third-order valence-electron chi connectivity index (χ3n) is 4.21. The van der Waals surface area contributed by atoms with E-state index in [0.717, 1.165) is 24.1 Å². The van der Waals surface area contributed by atoms with Crippen LogP contribution < -0.4 is 5.32 Å². The van der Waals surface area contributed by atoms with E-state index in [9.17, 15) is 4.79 Å². The molecule has 1 aromatic rings. The number of amides is 2. The van der Waals surface area contributed by atoms with Gasteiger partial charge in [-0.15, -0.1) is 0 Å². The van der Waals surface area contributed by atoms with E-state index in [1.54, 1.807) is 18.1 Å². The Bertz CT molecular complexity index is 530. The van der Waals surface area contributed by atoms with Crippen molar-refractivity contribution in [1.82, 2.24) is 4.90 Å². The van der Waals surface area contributed by atoms with E-state index in [1.165, 1.54) is 0 Å². The van der Waals surface area contributed by atoms with Crippen molar-refractivity contribution >= 4 is 23.3 Å². The lowest BCUT2D eigenvalue weighted by Gasteiger charge is -2.46. The van der Waals surface area contributed by atoms with Crippen molar-refractivity contribution in [3.63, 3.8) is 0 Å². The van der Waals surface area contributed by atoms with Crippen LogP contribution in [0.25, 0.3) is 0 Å². The van der Waals surface area contributed by atoms with Crippen LogP contribution in [0.2, 0.25) is 5.02 Å². The fraction of sp³-hybridized carbons (Fsp3) is 0.500. The number of rotatable bonds is 3. The number of hydrogen-bond acceptors (Lipinski definition) is 2. The molecule has 1 aliphatic heterocycles. The molecule has 1 unspecified atom stereocenters. The molecule has 3 rings (SSSR count). The van der Waals surface area contributed by atoms with Gasteiger partial charge in [-0.2, -0.15) is 0 Å². The zero-order valence-corrected chi connectivity index (χ0v) is 11.8. The van der Waals surface area contributed by atoms with E-state index in [2.05, 4.69) is 5.32 Å². The largest absolute Gasteiger partial charge is 0.382 e. The SMILES string of the molecule is COCC1(C2CC2)c2cc(Cl)ccc2NC(=O)N1C. The lowest BCUT2D eigenvalue weighted by Crippen LogP contribution is -2.56. The second-order valence-electron chi connectivity index (χ2n) is 5.31. The minimum absolute atomic E-state index is 0.0845. The molecule has 0 saturated heterocycles. The normalized spacial score (nSPS) is 26.1. The van der Waals surface area contributed by atoms with Crippen LogP contribution in [0.4, 0.5) is 10.5 Å². The van der Waals surface area contributed by atoms with Crippen molar-refractivity contribution in [3.05, 3.63) is 28.8 Å². The van der Waals surface area contributed by atoms with Crippen molar-refractivity contribution in [1.29, 1.82) is 0 Å². The van der Waals surface area contributed by atoms with Gasteiger partial charge in [0, 0.05) is 30.4 Å². The molecule has 1 saturated carbocycles. The molecule has 102 valence electrons. The molecule has 4 nitrogen and oxygen atoms in total. The number of benzene rings is 1. The van der Waals surface area contributed by atoms with Gasteiger partial charge in [-0.1, -0.05) is 11.6 Å². The average molecular weight is 281 g/mol. The number of anilines is 1. The number of ether oxygens (including phenoxy) is 1. The molecule has 1 N–H and O–H groups in total. The highest BCUT2D eigenvalue weighted by atomic mass is 35.5. The number of carbonyl (C=O) groups excluding carboxylic acids is 1. The summed E-state index contributed by atoms with van der Waals surface area (Å²) in [5.74, 6) is 0.445. The van der Waals surface area contributed by atoms with Crippen molar-refractivity contribution in [2.75, 3.05) is 26.1 Å². The monoisotopic (exact) mass is 280 g/mol. The van der Waals surface area contributed by atoms with Gasteiger partial charge in [0.15, 0.2) is 0 Å². The summed E-state index contributed by atoms with van der Waals surface area (Å²) >= 11 is 6.14. The summed E-state index contributed by atoms with van der Waals surface area (Å²) in [5.41, 5.74) is 1.51. The Morgan fingerprint density at radius 2 is 2.26 bits per heavy atom. The number of hydrogen-bond donors (Lipinski definition) is 1. The molecule has 1 atom stereocenters. The number of carbonyl (C=O) groups is 1. The fourth-order valence-electron chi connectivity index (χ4n) is 3.11. The predicted molar refractivity (Wildman–Crippen MR) is 74.5 cm³/mol. The third-order valence-corrected chi connectivity index (χ3v) is 4.44. The van der Waals surface area contributed by atoms with Gasteiger partial charge in [0.25, 0.3) is 0 Å². The number of nitrogens with one attached hydrogen (secondary N) is 1. The summed E-state index contributed by atoms with van der Waals surface area (Å²) in [6.45, 7) is 0.495. The maximum atomic E-state index is 12.2. The van der Waals surface area contributed by atoms with Gasteiger partial charge in [0.05, 0.1) is 12.1 Å². The van der Waals surface area contributed by atoms with Crippen LogP contribution in [-0.2, 0) is 10.3 Å². The van der Waals surface area contributed by atoms with Gasteiger partial charge in [-0.25, -0.2) is 4.79 Å². The molecule has 1 heterocycles. The first kappa shape index (κ1) is 12.8. The van der Waals surface area contributed by atoms with Crippen molar-refractivity contribution in [2.45, 2.75) is 18.4 Å². The van der Waals surface area contributed by atoms with Crippen LogP contribution in [0.3, 0.4) is 0 Å². The molecule has 1 aliphatic carbocycles. The number of fused-ring (bicyclic) bond motifs is 1. The molecule has 2 aliphatic rings. The highest BCUT2D eigenvalue weighted by molar-refractivity contribution is 6.30. The highest BCUT2D eigenvalue weighted by Gasteiger charge is 2.54. The molecular formula is C14H17ClN2O2. The standard InChI is InChI=1S/C14H17ClN2O2/c1-17-13(18)16-12-6-5-10(15)7-11(12)14(17,8-19-2)9-3-4-9/h5-7,9H,3-4,8H2,1-2H3,(H,16,18). The minimum atomic E-state index is -0.392. The highest BCUT2D eigenvalue weighted by Crippen LogP contribution is 2.53. The topological polar surface area (TPSA) is 41.6 Å². The summed E-state index contributed by atoms with van der Waals surface area (Å²) in [6, 6.07) is 5.54. The van der Waals surface area contributed by atoms with Gasteiger partial charge in [-0.05, 0) is 37.0 Å². The second-order valence-corrected chi connectivity index (χ2v) is 5.75. The molecule has 0 radical (unpaired) electrons. The van der Waals surface area contributed by atoms with Crippen molar-refractivity contribution < 1.29 is 9.53 Å². The average Bonchev–Trinajstić information content (AvgIpc) is 3.21. The number of urea groups is 1. The fourth-order valence-corrected chi connectivity index (χ4v) is 3.28. The van der Waals surface area contributed by atoms with Crippen molar-refractivity contribution in [3.8, 4) is 0 Å². The van der Waals surface area contributed by atoms with Crippen LogP contribution in [0.15, 0.2) is 18.2 Å². The Hall–Kier alpha value is -1.26. The molecule has 1 fully saturated rings. The van der Waals surface area contributed by atoms with Crippen molar-refractivity contribution in [2.24, 2.45) is 5.92 Å². The van der Waals surface area contributed by atoms with E-state index in [4.69, 9.17) is 16.3 Å². The molecule has 1 aromatic carbocycles. The third kappa shape index (κ3) is 1.82. The summed E-state index contributed by atoms with van der Waals surface area (Å²) in [5, 5.41) is 3.59. The van der Waals surface area contributed by atoms with E-state index >= 15 is 0 Å². The molecule has 0 aromatic heterocycles. The lowest BCUT2D eigenvalue weighted by atomic mass is 9.81. The summed E-state index contributed by atoms with van der Waals surface area (Å²) in [7, 11) is 3.51. The van der Waals surface area contributed by atoms with E-state index in [0.29, 0.717) is 17.5 Å². The predicted octanol–water partition coefficient (Wildman–Crippen LogP) is 3.07. The molecular weight excluding hydrogens is 264 g/mol. The number of halogens is 1. The maximum absolute atomic E-state index is 12.2. The summed E-state index contributed by atoms with van der Waals surface area (Å²) in [4.78, 5) is 14.0. The zero-order chi connectivity index (χ0) is 13.6. The molecule has 2 amide bonds. The van der Waals surface area contributed by atoms with Crippen LogP contribution in [-0.4, -0.2) is 31.7 Å². The Morgan fingerprint density at radius 3 is 2.89 bits per heavy atom. The first-order valence-corrected chi connectivity index (χ1v) is 6.81. The summed E-state index contributed by atoms with van der Waals surface area (Å²) < 4.78 is 5.44. The number of nitrogens with zero attached hydrogens (tertiary/aromatic N) is 1. The Kier molecular flexibility index (Phi) is 2.95. The van der Waals surface area contributed by atoms with Crippen LogP contribution in [0.1, 0.15) is 18.4 Å². The van der Waals surface area contributed by atoms with Gasteiger partial charge < -0.3 is 15.0 Å². The van der Waals surface area contributed by atoms with Gasteiger partial charge in [-0.3, -0.25) is 0 Å². The Balaban J connectivity index is 2.20. The van der Waals surface area contributed by atoms with Crippen LogP contribution in [0, 0.1) is 5.92 Å². The first-order valence-electron chi connectivity index (χ1n) is 6.43. The number of likely N-dealkylation sites (N-methyl/N-ethyl adjacent to an activating group) is 1. The smallest absolute Gasteiger partial charge is 0.322 e. The maximum Gasteiger partial charge on any atom is 0.322 e. The van der Waals surface area contributed by atoms with Gasteiger partial charge in [0.2, 0.25) is 0 Å². The molecule has 0 bridgehead atoms. The quantitative estimate of drug-likeness (QED) is 0.924. The van der Waals surface area contributed by atoms with E-state index in [-0.39, 0.29) is 6.03 Å². The molecule has 0 spiro atoms. The van der Waals surface area contributed by atoms with Gasteiger partial charge in [0.1, 0.15) is 0 Å². The van der Waals surface area contributed by atoms with E-state index in [1.807, 2.05) is 19.2 Å². The molecule has 5 heteroatoms. The van der Waals surface area contributed by atoms with Crippen LogP contribution in [0.5, 0.6) is 0 Å². The number of methoxy groups -OCH3 is 1. The van der Waals surface area contributed by atoms with Gasteiger partial charge >= 0.3 is 6.03 Å². The lowest BCUT2D eigenvalue weighted by molar-refractivity contribution is 0.0282. The minimum Gasteiger partial charge on any atom is -0.382 e. The zero-order valence-electron chi connectivity index (χ0n) is 11.1. The van der Waals surface area contributed by atoms with Crippen LogP contribution >= 0.6 is 11.6 Å².